The Kier molecular flexibility index (Phi) is 5.20. The fourth-order valence-electron chi connectivity index (χ4n) is 3.67. The molecule has 0 bridgehead atoms. The molecular formula is C24H23N3O3. The van der Waals surface area contributed by atoms with E-state index in [0.717, 1.165) is 23.1 Å². The lowest BCUT2D eigenvalue weighted by atomic mass is 9.83. The number of para-hydroxylation sites is 1. The molecule has 0 saturated heterocycles. The number of H-pyrrole nitrogens is 1. The average Bonchev–Trinajstić information content (AvgIpc) is 2.73. The van der Waals surface area contributed by atoms with Crippen LogP contribution >= 0.6 is 0 Å². The zero-order valence-electron chi connectivity index (χ0n) is 16.9. The molecule has 4 rings (SSSR count). The third-order valence-corrected chi connectivity index (χ3v) is 5.26. The molecule has 2 heterocycles. The van der Waals surface area contributed by atoms with Crippen LogP contribution in [0.3, 0.4) is 0 Å². The van der Waals surface area contributed by atoms with Crippen LogP contribution in [0.15, 0.2) is 64.8 Å². The summed E-state index contributed by atoms with van der Waals surface area (Å²) in [6.07, 6.45) is 0.968. The van der Waals surface area contributed by atoms with Crippen molar-refractivity contribution in [2.75, 3.05) is 6.61 Å². The molecule has 0 spiro atoms. The molecule has 30 heavy (non-hydrogen) atoms. The third kappa shape index (κ3) is 3.50. The summed E-state index contributed by atoms with van der Waals surface area (Å²) >= 11 is 0. The summed E-state index contributed by atoms with van der Waals surface area (Å²) in [6.45, 7) is 4.94. The SMILES string of the molecule is CC(C)CCOc1ccc(C2C(C#N)=C(N)Oc3c2c(=O)[nH]c2ccccc32)cc1. The predicted octanol–water partition coefficient (Wildman–Crippen LogP) is 4.17. The Balaban J connectivity index is 1.79. The van der Waals surface area contributed by atoms with Gasteiger partial charge < -0.3 is 20.2 Å². The maximum Gasteiger partial charge on any atom is 0.256 e. The molecule has 1 atom stereocenters. The smallest absolute Gasteiger partial charge is 0.256 e. The van der Waals surface area contributed by atoms with E-state index in [9.17, 15) is 10.1 Å². The Bertz CT molecular complexity index is 1220. The van der Waals surface area contributed by atoms with E-state index in [0.29, 0.717) is 29.4 Å². The van der Waals surface area contributed by atoms with Crippen LogP contribution in [0.1, 0.15) is 37.3 Å². The maximum atomic E-state index is 13.0. The molecule has 0 amide bonds. The molecule has 0 aliphatic carbocycles. The van der Waals surface area contributed by atoms with Crippen molar-refractivity contribution >= 4 is 10.9 Å². The summed E-state index contributed by atoms with van der Waals surface area (Å²) in [5.74, 6) is 1.11. The van der Waals surface area contributed by atoms with E-state index in [4.69, 9.17) is 15.2 Å². The van der Waals surface area contributed by atoms with Crippen molar-refractivity contribution in [1.29, 1.82) is 5.26 Å². The minimum atomic E-state index is -0.614. The van der Waals surface area contributed by atoms with Crippen molar-refractivity contribution in [3.63, 3.8) is 0 Å². The van der Waals surface area contributed by atoms with Gasteiger partial charge in [-0.25, -0.2) is 0 Å². The van der Waals surface area contributed by atoms with Crippen molar-refractivity contribution < 1.29 is 9.47 Å². The number of allylic oxidation sites excluding steroid dienone is 1. The lowest BCUT2D eigenvalue weighted by Crippen LogP contribution is -2.27. The molecule has 152 valence electrons. The molecule has 2 aromatic carbocycles. The number of nitrogens with two attached hydrogens (primary N) is 1. The second-order valence-electron chi connectivity index (χ2n) is 7.77. The van der Waals surface area contributed by atoms with Crippen LogP contribution in [0.5, 0.6) is 11.5 Å². The molecule has 0 radical (unpaired) electrons. The molecule has 0 fully saturated rings. The first-order valence-electron chi connectivity index (χ1n) is 9.95. The van der Waals surface area contributed by atoms with Gasteiger partial charge in [-0.05, 0) is 42.2 Å². The first-order valence-corrected chi connectivity index (χ1v) is 9.95. The number of hydrogen-bond acceptors (Lipinski definition) is 5. The largest absolute Gasteiger partial charge is 0.494 e. The van der Waals surface area contributed by atoms with E-state index in [1.165, 1.54) is 0 Å². The van der Waals surface area contributed by atoms with E-state index in [-0.39, 0.29) is 17.0 Å². The standard InChI is InChI=1S/C24H23N3O3/c1-14(2)11-12-29-16-9-7-15(8-10-16)20-18(13-25)23(26)30-22-17-5-3-4-6-19(17)27-24(28)21(20)22/h3-10,14,20H,11-12,26H2,1-2H3,(H,27,28). The van der Waals surface area contributed by atoms with Crippen LogP contribution in [-0.2, 0) is 0 Å². The Hall–Kier alpha value is -3.72. The van der Waals surface area contributed by atoms with Crippen molar-refractivity contribution in [3.8, 4) is 17.6 Å². The molecule has 1 unspecified atom stereocenters. The van der Waals surface area contributed by atoms with Crippen molar-refractivity contribution in [2.24, 2.45) is 11.7 Å². The molecule has 1 aliphatic rings. The first kappa shape index (κ1) is 19.6. The van der Waals surface area contributed by atoms with E-state index in [2.05, 4.69) is 24.9 Å². The highest BCUT2D eigenvalue weighted by atomic mass is 16.5. The third-order valence-electron chi connectivity index (χ3n) is 5.26. The molecule has 3 aromatic rings. The quantitative estimate of drug-likeness (QED) is 0.668. The van der Waals surface area contributed by atoms with Crippen molar-refractivity contribution in [1.82, 2.24) is 4.98 Å². The number of aromatic amines is 1. The van der Waals surface area contributed by atoms with Gasteiger partial charge in [0.1, 0.15) is 23.1 Å². The number of nitrogens with one attached hydrogen (secondary N) is 1. The zero-order valence-corrected chi connectivity index (χ0v) is 16.9. The number of fused-ring (bicyclic) bond motifs is 3. The van der Waals surface area contributed by atoms with E-state index in [1.807, 2.05) is 42.5 Å². The number of benzene rings is 2. The van der Waals surface area contributed by atoms with Crippen LogP contribution in [-0.4, -0.2) is 11.6 Å². The minimum Gasteiger partial charge on any atom is -0.494 e. The summed E-state index contributed by atoms with van der Waals surface area (Å²) in [5.41, 5.74) is 7.83. The lowest BCUT2D eigenvalue weighted by molar-refractivity contribution is 0.289. The van der Waals surface area contributed by atoms with Gasteiger partial charge in [0, 0.05) is 5.39 Å². The first-order chi connectivity index (χ1) is 14.5. The summed E-state index contributed by atoms with van der Waals surface area (Å²) < 4.78 is 11.6. The van der Waals surface area contributed by atoms with Gasteiger partial charge in [0.15, 0.2) is 0 Å². The number of hydrogen-bond donors (Lipinski definition) is 2. The monoisotopic (exact) mass is 401 g/mol. The molecule has 6 nitrogen and oxygen atoms in total. The van der Waals surface area contributed by atoms with Gasteiger partial charge >= 0.3 is 0 Å². The molecule has 3 N–H and O–H groups in total. The second-order valence-corrected chi connectivity index (χ2v) is 7.77. The fourth-order valence-corrected chi connectivity index (χ4v) is 3.67. The van der Waals surface area contributed by atoms with Crippen LogP contribution in [0.4, 0.5) is 0 Å². The zero-order chi connectivity index (χ0) is 21.3. The van der Waals surface area contributed by atoms with Crippen molar-refractivity contribution in [2.45, 2.75) is 26.2 Å². The summed E-state index contributed by atoms with van der Waals surface area (Å²) in [4.78, 5) is 15.9. The van der Waals surface area contributed by atoms with Gasteiger partial charge in [0.2, 0.25) is 5.88 Å². The highest BCUT2D eigenvalue weighted by Crippen LogP contribution is 2.43. The molecule has 1 aliphatic heterocycles. The summed E-state index contributed by atoms with van der Waals surface area (Å²) in [6, 6.07) is 16.9. The Labute approximate surface area is 174 Å². The van der Waals surface area contributed by atoms with Gasteiger partial charge in [-0.15, -0.1) is 0 Å². The van der Waals surface area contributed by atoms with Gasteiger partial charge in [-0.1, -0.05) is 38.1 Å². The molecule has 1 aromatic heterocycles. The van der Waals surface area contributed by atoms with Crippen LogP contribution in [0, 0.1) is 17.2 Å². The number of ether oxygens (including phenoxy) is 2. The van der Waals surface area contributed by atoms with E-state index < -0.39 is 5.92 Å². The number of rotatable bonds is 5. The van der Waals surface area contributed by atoms with Gasteiger partial charge in [-0.2, -0.15) is 5.26 Å². The van der Waals surface area contributed by atoms with Gasteiger partial charge in [-0.3, -0.25) is 4.79 Å². The summed E-state index contributed by atoms with van der Waals surface area (Å²) in [7, 11) is 0. The Morgan fingerprint density at radius 1 is 1.20 bits per heavy atom. The number of nitriles is 1. The average molecular weight is 401 g/mol. The second kappa shape index (κ2) is 7.96. The lowest BCUT2D eigenvalue weighted by Gasteiger charge is -2.26. The molecule has 0 saturated carbocycles. The van der Waals surface area contributed by atoms with E-state index >= 15 is 0 Å². The molecular weight excluding hydrogens is 378 g/mol. The van der Waals surface area contributed by atoms with Gasteiger partial charge in [0.25, 0.3) is 5.56 Å². The summed E-state index contributed by atoms with van der Waals surface area (Å²) in [5, 5.41) is 10.5. The number of aromatic nitrogens is 1. The van der Waals surface area contributed by atoms with Crippen LogP contribution < -0.4 is 20.8 Å². The highest BCUT2D eigenvalue weighted by molar-refractivity contribution is 5.87. The van der Waals surface area contributed by atoms with Crippen LogP contribution in [0.25, 0.3) is 10.9 Å². The van der Waals surface area contributed by atoms with Gasteiger partial charge in [0.05, 0.1) is 23.6 Å². The Morgan fingerprint density at radius 2 is 1.93 bits per heavy atom. The maximum absolute atomic E-state index is 13.0. The predicted molar refractivity (Wildman–Crippen MR) is 115 cm³/mol. The van der Waals surface area contributed by atoms with Crippen LogP contribution in [0.2, 0.25) is 0 Å². The normalized spacial score (nSPS) is 15.6. The minimum absolute atomic E-state index is 0.0167. The Morgan fingerprint density at radius 3 is 2.63 bits per heavy atom. The van der Waals surface area contributed by atoms with Crippen molar-refractivity contribution in [3.05, 3.63) is 81.5 Å². The number of pyridine rings is 1. The number of nitrogens with zero attached hydrogens (tertiary/aromatic N) is 1. The fraction of sp³-hybridized carbons (Fsp3) is 0.250. The highest BCUT2D eigenvalue weighted by Gasteiger charge is 2.34. The van der Waals surface area contributed by atoms with E-state index in [1.54, 1.807) is 6.07 Å². The topological polar surface area (TPSA) is 101 Å². The molecule has 6 heteroatoms.